The average molecular weight is 329 g/mol. The molecule has 0 radical (unpaired) electrons. The van der Waals surface area contributed by atoms with Crippen molar-refractivity contribution in [3.8, 4) is 5.75 Å². The topological polar surface area (TPSA) is 36.9 Å². The van der Waals surface area contributed by atoms with Gasteiger partial charge in [-0.2, -0.15) is 0 Å². The summed E-state index contributed by atoms with van der Waals surface area (Å²) >= 11 is 0. The monoisotopic (exact) mass is 329 g/mol. The van der Waals surface area contributed by atoms with Crippen molar-refractivity contribution in [2.24, 2.45) is 10.4 Å². The molecule has 1 aromatic carbocycles. The number of hydrogen-bond donors (Lipinski definition) is 1. The maximum atomic E-state index is 6.09. The molecule has 132 valence electrons. The Bertz CT molecular complexity index is 529. The molecule has 0 atom stereocenters. The summed E-state index contributed by atoms with van der Waals surface area (Å²) in [5.41, 5.74) is 0.449. The van der Waals surface area contributed by atoms with E-state index in [1.54, 1.807) is 0 Å². The third-order valence-corrected chi connectivity index (χ3v) is 5.48. The summed E-state index contributed by atoms with van der Waals surface area (Å²) in [6, 6.07) is 10.2. The molecule has 1 saturated carbocycles. The van der Waals surface area contributed by atoms with Crippen LogP contribution < -0.4 is 10.1 Å². The summed E-state index contributed by atoms with van der Waals surface area (Å²) in [5, 5.41) is 3.62. The van der Waals surface area contributed by atoms with Gasteiger partial charge in [-0.3, -0.25) is 4.99 Å². The van der Waals surface area contributed by atoms with E-state index in [0.717, 1.165) is 44.2 Å². The van der Waals surface area contributed by atoms with Gasteiger partial charge in [0.25, 0.3) is 0 Å². The highest BCUT2D eigenvalue weighted by atomic mass is 16.5. The van der Waals surface area contributed by atoms with E-state index in [-0.39, 0.29) is 0 Å². The van der Waals surface area contributed by atoms with Gasteiger partial charge in [0, 0.05) is 39.5 Å². The lowest BCUT2D eigenvalue weighted by molar-refractivity contribution is 0.129. The molecule has 2 aliphatic rings. The van der Waals surface area contributed by atoms with Crippen LogP contribution in [0, 0.1) is 5.41 Å². The molecule has 24 heavy (non-hydrogen) atoms. The Morgan fingerprint density at radius 2 is 1.88 bits per heavy atom. The third-order valence-electron chi connectivity index (χ3n) is 5.48. The van der Waals surface area contributed by atoms with E-state index >= 15 is 0 Å². The molecule has 0 bridgehead atoms. The molecule has 1 aromatic rings. The van der Waals surface area contributed by atoms with Gasteiger partial charge < -0.3 is 15.0 Å². The molecule has 0 aromatic heterocycles. The fourth-order valence-electron chi connectivity index (χ4n) is 3.91. The van der Waals surface area contributed by atoms with Crippen molar-refractivity contribution in [2.45, 2.75) is 51.6 Å². The van der Waals surface area contributed by atoms with Crippen LogP contribution in [0.3, 0.4) is 0 Å². The fraction of sp³-hybridized carbons (Fsp3) is 0.650. The lowest BCUT2D eigenvalue weighted by Gasteiger charge is -2.35. The van der Waals surface area contributed by atoms with Crippen molar-refractivity contribution in [3.05, 3.63) is 30.3 Å². The van der Waals surface area contributed by atoms with Gasteiger partial charge in [0.1, 0.15) is 11.9 Å². The van der Waals surface area contributed by atoms with Crippen molar-refractivity contribution in [1.82, 2.24) is 10.2 Å². The van der Waals surface area contributed by atoms with Crippen molar-refractivity contribution >= 4 is 5.96 Å². The number of benzene rings is 1. The zero-order valence-electron chi connectivity index (χ0n) is 15.1. The predicted octanol–water partition coefficient (Wildman–Crippen LogP) is 3.69. The van der Waals surface area contributed by atoms with Crippen molar-refractivity contribution in [1.29, 1.82) is 0 Å². The summed E-state index contributed by atoms with van der Waals surface area (Å²) in [7, 11) is 1.89. The standard InChI is InChI=1S/C20H31N3O/c1-20(12-6-7-13-20)16-22-19(21-2)23-14-10-18(11-15-23)24-17-8-4-3-5-9-17/h3-5,8-9,18H,6-7,10-16H2,1-2H3,(H,21,22). The molecule has 1 aliphatic carbocycles. The van der Waals surface area contributed by atoms with E-state index in [1.165, 1.54) is 25.7 Å². The molecule has 4 heteroatoms. The summed E-state index contributed by atoms with van der Waals surface area (Å²) in [6.07, 6.45) is 7.83. The third kappa shape index (κ3) is 4.43. The number of hydrogen-bond acceptors (Lipinski definition) is 2. The first-order valence-electron chi connectivity index (χ1n) is 9.36. The molecule has 1 heterocycles. The fourth-order valence-corrected chi connectivity index (χ4v) is 3.91. The van der Waals surface area contributed by atoms with Gasteiger partial charge in [0.05, 0.1) is 0 Å². The molecule has 3 rings (SSSR count). The molecular formula is C20H31N3O. The molecular weight excluding hydrogens is 298 g/mol. The number of nitrogens with zero attached hydrogens (tertiary/aromatic N) is 2. The van der Waals surface area contributed by atoms with E-state index < -0.39 is 0 Å². The van der Waals surface area contributed by atoms with Crippen LogP contribution in [0.4, 0.5) is 0 Å². The molecule has 1 saturated heterocycles. The summed E-state index contributed by atoms with van der Waals surface area (Å²) in [4.78, 5) is 6.88. The summed E-state index contributed by atoms with van der Waals surface area (Å²) < 4.78 is 6.09. The second-order valence-corrected chi connectivity index (χ2v) is 7.54. The molecule has 0 unspecified atom stereocenters. The van der Waals surface area contributed by atoms with Gasteiger partial charge in [0.15, 0.2) is 5.96 Å². The minimum Gasteiger partial charge on any atom is -0.490 e. The molecule has 1 N–H and O–H groups in total. The minimum absolute atomic E-state index is 0.314. The Labute approximate surface area is 146 Å². The van der Waals surface area contributed by atoms with E-state index in [2.05, 4.69) is 22.1 Å². The maximum Gasteiger partial charge on any atom is 0.193 e. The normalized spacial score (nSPS) is 21.8. The number of likely N-dealkylation sites (tertiary alicyclic amines) is 1. The van der Waals surface area contributed by atoms with Crippen LogP contribution >= 0.6 is 0 Å². The second kappa shape index (κ2) is 7.91. The number of guanidine groups is 1. The van der Waals surface area contributed by atoms with Crippen LogP contribution in [0.1, 0.15) is 45.4 Å². The lowest BCUT2D eigenvalue weighted by atomic mass is 9.89. The second-order valence-electron chi connectivity index (χ2n) is 7.54. The largest absolute Gasteiger partial charge is 0.490 e. The summed E-state index contributed by atoms with van der Waals surface area (Å²) in [5.74, 6) is 2.04. The first kappa shape index (κ1) is 17.1. The van der Waals surface area contributed by atoms with Crippen LogP contribution in [0.15, 0.2) is 35.3 Å². The Balaban J connectivity index is 1.46. The number of nitrogens with one attached hydrogen (secondary N) is 1. The van der Waals surface area contributed by atoms with Crippen LogP contribution in [0.5, 0.6) is 5.75 Å². The lowest BCUT2D eigenvalue weighted by Crippen LogP contribution is -2.49. The van der Waals surface area contributed by atoms with Gasteiger partial charge >= 0.3 is 0 Å². The first-order chi connectivity index (χ1) is 11.7. The van der Waals surface area contributed by atoms with Crippen LogP contribution in [-0.2, 0) is 0 Å². The van der Waals surface area contributed by atoms with Gasteiger partial charge in [0.2, 0.25) is 0 Å². The van der Waals surface area contributed by atoms with Gasteiger partial charge in [-0.1, -0.05) is 38.0 Å². The minimum atomic E-state index is 0.314. The van der Waals surface area contributed by atoms with Gasteiger partial charge in [-0.05, 0) is 30.4 Å². The van der Waals surface area contributed by atoms with Gasteiger partial charge in [-0.25, -0.2) is 0 Å². The average Bonchev–Trinajstić information content (AvgIpc) is 3.05. The number of rotatable bonds is 4. The van der Waals surface area contributed by atoms with Crippen molar-refractivity contribution in [2.75, 3.05) is 26.7 Å². The highest BCUT2D eigenvalue weighted by Gasteiger charge is 2.30. The Hall–Kier alpha value is -1.71. The number of ether oxygens (including phenoxy) is 1. The quantitative estimate of drug-likeness (QED) is 0.676. The first-order valence-corrected chi connectivity index (χ1v) is 9.36. The highest BCUT2D eigenvalue weighted by Crippen LogP contribution is 2.36. The van der Waals surface area contributed by atoms with Crippen LogP contribution in [-0.4, -0.2) is 43.6 Å². The Kier molecular flexibility index (Phi) is 5.64. The zero-order chi connectivity index (χ0) is 16.8. The number of para-hydroxylation sites is 1. The Morgan fingerprint density at radius 3 is 2.50 bits per heavy atom. The van der Waals surface area contributed by atoms with Crippen LogP contribution in [0.2, 0.25) is 0 Å². The van der Waals surface area contributed by atoms with E-state index in [4.69, 9.17) is 4.74 Å². The molecule has 0 amide bonds. The molecule has 1 aliphatic heterocycles. The SMILES string of the molecule is CN=C(NCC1(C)CCCC1)N1CCC(Oc2ccccc2)CC1. The van der Waals surface area contributed by atoms with Crippen LogP contribution in [0.25, 0.3) is 0 Å². The van der Waals surface area contributed by atoms with Crippen molar-refractivity contribution < 1.29 is 4.74 Å². The number of piperidine rings is 1. The smallest absolute Gasteiger partial charge is 0.193 e. The Morgan fingerprint density at radius 1 is 1.21 bits per heavy atom. The number of aliphatic imine (C=N–C) groups is 1. The van der Waals surface area contributed by atoms with E-state index in [0.29, 0.717) is 11.5 Å². The predicted molar refractivity (Wildman–Crippen MR) is 99.6 cm³/mol. The molecule has 4 nitrogen and oxygen atoms in total. The zero-order valence-corrected chi connectivity index (χ0v) is 15.1. The van der Waals surface area contributed by atoms with E-state index in [9.17, 15) is 0 Å². The van der Waals surface area contributed by atoms with E-state index in [1.807, 2.05) is 37.4 Å². The molecule has 2 fully saturated rings. The summed E-state index contributed by atoms with van der Waals surface area (Å²) in [6.45, 7) is 5.46. The molecule has 0 spiro atoms. The van der Waals surface area contributed by atoms with Gasteiger partial charge in [-0.15, -0.1) is 0 Å². The maximum absolute atomic E-state index is 6.09. The van der Waals surface area contributed by atoms with Crippen molar-refractivity contribution in [3.63, 3.8) is 0 Å². The highest BCUT2D eigenvalue weighted by molar-refractivity contribution is 5.80.